The van der Waals surface area contributed by atoms with Crippen LogP contribution >= 0.6 is 12.2 Å². The molecule has 0 fully saturated rings. The van der Waals surface area contributed by atoms with Crippen LogP contribution < -0.4 is 0 Å². The molecular formula is C10H10OSZn. The topological polar surface area (TPSA) is 17.1 Å². The molecule has 0 aliphatic heterocycles. The van der Waals surface area contributed by atoms with Crippen molar-refractivity contribution in [1.82, 2.24) is 0 Å². The monoisotopic (exact) mass is 242 g/mol. The van der Waals surface area contributed by atoms with Crippen LogP contribution in [0.3, 0.4) is 0 Å². The maximum absolute atomic E-state index is 11.1. The number of rotatable bonds is 2. The van der Waals surface area contributed by atoms with Crippen molar-refractivity contribution in [2.24, 2.45) is 0 Å². The number of Topliss-reactive ketones (excluding diaryl/α,β-unsaturated/α-hetero) is 1. The molecule has 0 spiro atoms. The first-order valence-electron chi connectivity index (χ1n) is 3.74. The first-order valence-corrected chi connectivity index (χ1v) is 4.14. The van der Waals surface area contributed by atoms with Crippen molar-refractivity contribution >= 4 is 22.9 Å². The molecule has 0 bridgehead atoms. The van der Waals surface area contributed by atoms with E-state index in [9.17, 15) is 4.79 Å². The summed E-state index contributed by atoms with van der Waals surface area (Å²) in [6.07, 6.45) is 0. The van der Waals surface area contributed by atoms with Crippen molar-refractivity contribution in [2.45, 2.75) is 13.8 Å². The zero-order valence-corrected chi connectivity index (χ0v) is 11.6. The number of hydrogen-bond acceptors (Lipinski definition) is 2. The van der Waals surface area contributed by atoms with Crippen molar-refractivity contribution in [3.63, 3.8) is 0 Å². The van der Waals surface area contributed by atoms with Crippen LogP contribution in [0.5, 0.6) is 0 Å². The van der Waals surface area contributed by atoms with Crippen LogP contribution in [0.4, 0.5) is 0 Å². The van der Waals surface area contributed by atoms with E-state index in [0.717, 1.165) is 10.4 Å². The van der Waals surface area contributed by atoms with Crippen LogP contribution in [-0.2, 0) is 19.5 Å². The number of benzene rings is 1. The van der Waals surface area contributed by atoms with E-state index in [4.69, 9.17) is 12.2 Å². The minimum Gasteiger partial charge on any atom is -0.294 e. The Hall–Kier alpha value is -0.397. The third kappa shape index (κ3) is 3.09. The van der Waals surface area contributed by atoms with E-state index in [1.165, 1.54) is 0 Å². The summed E-state index contributed by atoms with van der Waals surface area (Å²) in [5.41, 5.74) is 1.59. The fourth-order valence-corrected chi connectivity index (χ4v) is 1.28. The second-order valence-corrected chi connectivity index (χ2v) is 3.27. The largest absolute Gasteiger partial charge is 0.294 e. The minimum absolute atomic E-state index is 0. The Morgan fingerprint density at radius 3 is 1.92 bits per heavy atom. The molecule has 0 radical (unpaired) electrons. The second kappa shape index (κ2) is 5.36. The molecule has 0 amide bonds. The van der Waals surface area contributed by atoms with Gasteiger partial charge in [0.05, 0.1) is 0 Å². The summed E-state index contributed by atoms with van der Waals surface area (Å²) in [6, 6.07) is 7.41. The molecule has 0 saturated heterocycles. The average Bonchev–Trinajstić information content (AvgIpc) is 2.04. The van der Waals surface area contributed by atoms with Crippen molar-refractivity contribution < 1.29 is 24.3 Å². The van der Waals surface area contributed by atoms with Gasteiger partial charge in [-0.05, 0) is 19.4 Å². The molecule has 0 aliphatic carbocycles. The summed E-state index contributed by atoms with van der Waals surface area (Å²) < 4.78 is 0. The summed E-state index contributed by atoms with van der Waals surface area (Å²) in [5.74, 6) is 0.0646. The molecule has 64 valence electrons. The van der Waals surface area contributed by atoms with Gasteiger partial charge in [-0.3, -0.25) is 4.79 Å². The van der Waals surface area contributed by atoms with Gasteiger partial charge in [-0.1, -0.05) is 36.5 Å². The van der Waals surface area contributed by atoms with Gasteiger partial charge in [-0.15, -0.1) is 0 Å². The van der Waals surface area contributed by atoms with Gasteiger partial charge < -0.3 is 0 Å². The molecule has 1 rings (SSSR count). The van der Waals surface area contributed by atoms with Gasteiger partial charge in [0.25, 0.3) is 0 Å². The summed E-state index contributed by atoms with van der Waals surface area (Å²) in [5, 5.41) is 0. The molecule has 1 aromatic rings. The number of thiocarbonyl (C=S) groups is 1. The summed E-state index contributed by atoms with van der Waals surface area (Å²) >= 11 is 5.02. The van der Waals surface area contributed by atoms with Crippen LogP contribution in [0.25, 0.3) is 0 Å². The summed E-state index contributed by atoms with van der Waals surface area (Å²) in [4.78, 5) is 11.9. The standard InChI is InChI=1S/C10H10OS.Zn/c1-7(11)9-5-3-4-6-10(9)8(2)12;/h3-6H,1-2H3;. The molecule has 1 aromatic carbocycles. The summed E-state index contributed by atoms with van der Waals surface area (Å²) in [6.45, 7) is 3.38. The summed E-state index contributed by atoms with van der Waals surface area (Å²) in [7, 11) is 0. The van der Waals surface area contributed by atoms with E-state index in [2.05, 4.69) is 0 Å². The average molecular weight is 244 g/mol. The van der Waals surface area contributed by atoms with Crippen LogP contribution in [-0.4, -0.2) is 10.6 Å². The Kier molecular flexibility index (Phi) is 5.19. The molecule has 0 N–H and O–H groups in total. The van der Waals surface area contributed by atoms with Crippen LogP contribution in [0.2, 0.25) is 0 Å². The molecule has 3 heteroatoms. The fourth-order valence-electron chi connectivity index (χ4n) is 1.10. The Morgan fingerprint density at radius 1 is 1.15 bits per heavy atom. The van der Waals surface area contributed by atoms with E-state index < -0.39 is 0 Å². The molecule has 0 atom stereocenters. The van der Waals surface area contributed by atoms with Crippen molar-refractivity contribution in [3.8, 4) is 0 Å². The van der Waals surface area contributed by atoms with Crippen molar-refractivity contribution in [3.05, 3.63) is 35.4 Å². The van der Waals surface area contributed by atoms with E-state index in [-0.39, 0.29) is 25.3 Å². The Balaban J connectivity index is 0.00000144. The molecule has 0 heterocycles. The van der Waals surface area contributed by atoms with Gasteiger partial charge in [0.2, 0.25) is 0 Å². The van der Waals surface area contributed by atoms with E-state index in [1.54, 1.807) is 13.0 Å². The van der Waals surface area contributed by atoms with Gasteiger partial charge in [0.15, 0.2) is 5.78 Å². The first kappa shape index (κ1) is 12.6. The zero-order chi connectivity index (χ0) is 9.14. The predicted octanol–water partition coefficient (Wildman–Crippen LogP) is 2.62. The molecule has 0 aliphatic rings. The maximum Gasteiger partial charge on any atom is 0.160 e. The van der Waals surface area contributed by atoms with Crippen LogP contribution in [0.15, 0.2) is 24.3 Å². The second-order valence-electron chi connectivity index (χ2n) is 2.66. The molecule has 0 aromatic heterocycles. The van der Waals surface area contributed by atoms with Gasteiger partial charge in [-0.25, -0.2) is 0 Å². The third-order valence-corrected chi connectivity index (χ3v) is 1.91. The SMILES string of the molecule is CC(=O)c1ccccc1C(C)=S.[Zn]. The van der Waals surface area contributed by atoms with Crippen LogP contribution in [0, 0.1) is 0 Å². The number of carbonyl (C=O) groups excluding carboxylic acids is 1. The Morgan fingerprint density at radius 2 is 1.62 bits per heavy atom. The predicted molar refractivity (Wildman–Crippen MR) is 53.8 cm³/mol. The van der Waals surface area contributed by atoms with Crippen LogP contribution in [0.1, 0.15) is 29.8 Å². The quantitative estimate of drug-likeness (QED) is 0.451. The van der Waals surface area contributed by atoms with Crippen molar-refractivity contribution in [1.29, 1.82) is 0 Å². The first-order chi connectivity index (χ1) is 5.63. The molecular weight excluding hydrogens is 234 g/mol. The van der Waals surface area contributed by atoms with Gasteiger partial charge in [-0.2, -0.15) is 0 Å². The van der Waals surface area contributed by atoms with Gasteiger partial charge in [0.1, 0.15) is 0 Å². The number of carbonyl (C=O) groups is 1. The molecule has 0 unspecified atom stereocenters. The molecule has 13 heavy (non-hydrogen) atoms. The van der Waals surface area contributed by atoms with Gasteiger partial charge in [0, 0.05) is 29.9 Å². The van der Waals surface area contributed by atoms with E-state index in [0.29, 0.717) is 5.56 Å². The Bertz CT molecular complexity index is 300. The maximum atomic E-state index is 11.1. The van der Waals surface area contributed by atoms with E-state index >= 15 is 0 Å². The minimum atomic E-state index is 0. The molecule has 0 saturated carbocycles. The molecule has 1 nitrogen and oxygen atoms in total. The normalized spacial score (nSPS) is 8.77. The van der Waals surface area contributed by atoms with Crippen molar-refractivity contribution in [2.75, 3.05) is 0 Å². The number of ketones is 1. The fraction of sp³-hybridized carbons (Fsp3) is 0.200. The zero-order valence-electron chi connectivity index (χ0n) is 7.83. The third-order valence-electron chi connectivity index (χ3n) is 1.69. The smallest absolute Gasteiger partial charge is 0.160 e. The van der Waals surface area contributed by atoms with E-state index in [1.807, 2.05) is 25.1 Å². The Labute approximate surface area is 96.3 Å². The van der Waals surface area contributed by atoms with Gasteiger partial charge >= 0.3 is 0 Å². The number of hydrogen-bond donors (Lipinski definition) is 0.